The molecule has 11 heavy (non-hydrogen) atoms. The van der Waals surface area contributed by atoms with Gasteiger partial charge in [0.15, 0.2) is 0 Å². The minimum atomic E-state index is -0.193. The molecule has 0 aromatic rings. The molecule has 0 spiro atoms. The van der Waals surface area contributed by atoms with Crippen LogP contribution in [0.1, 0.15) is 12.8 Å². The van der Waals surface area contributed by atoms with Crippen molar-refractivity contribution in [1.82, 2.24) is 0 Å². The predicted octanol–water partition coefficient (Wildman–Crippen LogP) is 0.453. The highest BCUT2D eigenvalue weighted by molar-refractivity contribution is 5.73. The van der Waals surface area contributed by atoms with E-state index < -0.39 is 0 Å². The number of allylic oxidation sites excluding steroid dienone is 1. The summed E-state index contributed by atoms with van der Waals surface area (Å²) in [4.78, 5) is 11.0. The lowest BCUT2D eigenvalue weighted by atomic mass is 9.90. The lowest BCUT2D eigenvalue weighted by Crippen LogP contribution is -2.36. The number of methoxy groups -OCH3 is 1. The first-order valence-electron chi connectivity index (χ1n) is 3.76. The highest BCUT2D eigenvalue weighted by atomic mass is 16.5. The molecule has 0 saturated heterocycles. The summed E-state index contributed by atoms with van der Waals surface area (Å²) in [5.74, 6) is -0.327. The molecule has 0 bridgehead atoms. The van der Waals surface area contributed by atoms with Crippen LogP contribution in [0.15, 0.2) is 12.2 Å². The summed E-state index contributed by atoms with van der Waals surface area (Å²) in [6.07, 6.45) is 5.60. The molecule has 0 amide bonds. The van der Waals surface area contributed by atoms with Gasteiger partial charge in [-0.25, -0.2) is 0 Å². The molecule has 2 N–H and O–H groups in total. The van der Waals surface area contributed by atoms with Crippen LogP contribution in [0.25, 0.3) is 0 Å². The second kappa shape index (κ2) is 3.53. The van der Waals surface area contributed by atoms with E-state index in [1.807, 2.05) is 12.2 Å². The SMILES string of the molecule is COC(=O)C1CCC=CC1N. The first kappa shape index (κ1) is 8.27. The van der Waals surface area contributed by atoms with Crippen LogP contribution < -0.4 is 5.73 Å². The zero-order valence-corrected chi connectivity index (χ0v) is 6.62. The standard InChI is InChI=1S/C8H13NO2/c1-11-8(10)6-4-2-3-5-7(6)9/h3,5-7H,2,4,9H2,1H3. The molecule has 3 heteroatoms. The van der Waals surface area contributed by atoms with Gasteiger partial charge in [-0.1, -0.05) is 12.2 Å². The Morgan fingerprint density at radius 1 is 1.73 bits per heavy atom. The zero-order valence-electron chi connectivity index (χ0n) is 6.62. The van der Waals surface area contributed by atoms with Crippen LogP contribution in [-0.4, -0.2) is 19.1 Å². The van der Waals surface area contributed by atoms with Gasteiger partial charge in [0.05, 0.1) is 13.0 Å². The highest BCUT2D eigenvalue weighted by Crippen LogP contribution is 2.18. The second-order valence-electron chi connectivity index (χ2n) is 2.71. The number of hydrogen-bond acceptors (Lipinski definition) is 3. The lowest BCUT2D eigenvalue weighted by Gasteiger charge is -2.21. The first-order valence-corrected chi connectivity index (χ1v) is 3.76. The average molecular weight is 155 g/mol. The zero-order chi connectivity index (χ0) is 8.27. The third kappa shape index (κ3) is 1.80. The molecular formula is C8H13NO2. The molecule has 1 aliphatic rings. The Labute approximate surface area is 66.2 Å². The van der Waals surface area contributed by atoms with E-state index in [1.54, 1.807) is 0 Å². The molecule has 1 aliphatic carbocycles. The third-order valence-corrected chi connectivity index (χ3v) is 1.97. The van der Waals surface area contributed by atoms with Crippen molar-refractivity contribution in [3.63, 3.8) is 0 Å². The average Bonchev–Trinajstić information content (AvgIpc) is 2.04. The van der Waals surface area contributed by atoms with E-state index in [1.165, 1.54) is 7.11 Å². The topological polar surface area (TPSA) is 52.3 Å². The van der Waals surface area contributed by atoms with Gasteiger partial charge in [0.2, 0.25) is 0 Å². The fourth-order valence-corrected chi connectivity index (χ4v) is 1.28. The van der Waals surface area contributed by atoms with Crippen LogP contribution >= 0.6 is 0 Å². The molecule has 0 aliphatic heterocycles. The molecule has 0 saturated carbocycles. The molecule has 0 aromatic carbocycles. The number of ether oxygens (including phenoxy) is 1. The number of nitrogens with two attached hydrogens (primary N) is 1. The van der Waals surface area contributed by atoms with Crippen molar-refractivity contribution in [3.8, 4) is 0 Å². The van der Waals surface area contributed by atoms with Gasteiger partial charge in [0.1, 0.15) is 0 Å². The minimum Gasteiger partial charge on any atom is -0.469 e. The first-order chi connectivity index (χ1) is 5.25. The maximum absolute atomic E-state index is 11.0. The van der Waals surface area contributed by atoms with Gasteiger partial charge in [-0.3, -0.25) is 4.79 Å². The summed E-state index contributed by atoms with van der Waals surface area (Å²) < 4.78 is 4.61. The smallest absolute Gasteiger partial charge is 0.310 e. The summed E-state index contributed by atoms with van der Waals surface area (Å²) in [5, 5.41) is 0. The van der Waals surface area contributed by atoms with E-state index in [0.717, 1.165) is 12.8 Å². The van der Waals surface area contributed by atoms with Gasteiger partial charge in [0.25, 0.3) is 0 Å². The van der Waals surface area contributed by atoms with Crippen LogP contribution in [0, 0.1) is 5.92 Å². The Balaban J connectivity index is 2.57. The Bertz CT molecular complexity index is 177. The van der Waals surface area contributed by atoms with Gasteiger partial charge in [-0.05, 0) is 12.8 Å². The summed E-state index contributed by atoms with van der Waals surface area (Å²) in [6, 6.07) is -0.156. The van der Waals surface area contributed by atoms with Crippen LogP contribution in [0.3, 0.4) is 0 Å². The number of carbonyl (C=O) groups is 1. The Hall–Kier alpha value is -0.830. The number of rotatable bonds is 1. The molecular weight excluding hydrogens is 142 g/mol. The third-order valence-electron chi connectivity index (χ3n) is 1.97. The van der Waals surface area contributed by atoms with E-state index in [-0.39, 0.29) is 17.9 Å². The summed E-state index contributed by atoms with van der Waals surface area (Å²) in [5.41, 5.74) is 5.67. The van der Waals surface area contributed by atoms with Gasteiger partial charge < -0.3 is 10.5 Å². The molecule has 0 fully saturated rings. The van der Waals surface area contributed by atoms with E-state index in [9.17, 15) is 4.79 Å². The highest BCUT2D eigenvalue weighted by Gasteiger charge is 2.25. The number of carbonyl (C=O) groups excluding carboxylic acids is 1. The van der Waals surface area contributed by atoms with Gasteiger partial charge in [-0.15, -0.1) is 0 Å². The van der Waals surface area contributed by atoms with Gasteiger partial charge in [0, 0.05) is 6.04 Å². The Morgan fingerprint density at radius 2 is 2.45 bits per heavy atom. The lowest BCUT2D eigenvalue weighted by molar-refractivity contribution is -0.146. The molecule has 2 atom stereocenters. The summed E-state index contributed by atoms with van der Waals surface area (Å²) >= 11 is 0. The summed E-state index contributed by atoms with van der Waals surface area (Å²) in [6.45, 7) is 0. The van der Waals surface area contributed by atoms with Crippen molar-refractivity contribution >= 4 is 5.97 Å². The molecule has 1 rings (SSSR count). The summed E-state index contributed by atoms with van der Waals surface area (Å²) in [7, 11) is 1.40. The van der Waals surface area contributed by atoms with Crippen LogP contribution in [0.5, 0.6) is 0 Å². The quantitative estimate of drug-likeness (QED) is 0.442. The molecule has 0 heterocycles. The van der Waals surface area contributed by atoms with Crippen molar-refractivity contribution < 1.29 is 9.53 Å². The molecule has 2 unspecified atom stereocenters. The fraction of sp³-hybridized carbons (Fsp3) is 0.625. The van der Waals surface area contributed by atoms with Crippen LogP contribution in [-0.2, 0) is 9.53 Å². The normalized spacial score (nSPS) is 30.0. The molecule has 0 radical (unpaired) electrons. The predicted molar refractivity (Wildman–Crippen MR) is 41.9 cm³/mol. The van der Waals surface area contributed by atoms with Crippen molar-refractivity contribution in [1.29, 1.82) is 0 Å². The van der Waals surface area contributed by atoms with Crippen LogP contribution in [0.2, 0.25) is 0 Å². The monoisotopic (exact) mass is 155 g/mol. The minimum absolute atomic E-state index is 0.134. The van der Waals surface area contributed by atoms with E-state index in [2.05, 4.69) is 4.74 Å². The molecule has 3 nitrogen and oxygen atoms in total. The van der Waals surface area contributed by atoms with E-state index in [4.69, 9.17) is 5.73 Å². The van der Waals surface area contributed by atoms with Crippen molar-refractivity contribution in [2.75, 3.05) is 7.11 Å². The maximum atomic E-state index is 11.0. The van der Waals surface area contributed by atoms with E-state index in [0.29, 0.717) is 0 Å². The number of hydrogen-bond donors (Lipinski definition) is 1. The maximum Gasteiger partial charge on any atom is 0.310 e. The van der Waals surface area contributed by atoms with Crippen LogP contribution in [0.4, 0.5) is 0 Å². The van der Waals surface area contributed by atoms with E-state index >= 15 is 0 Å². The van der Waals surface area contributed by atoms with Gasteiger partial charge in [-0.2, -0.15) is 0 Å². The van der Waals surface area contributed by atoms with Crippen molar-refractivity contribution in [2.45, 2.75) is 18.9 Å². The van der Waals surface area contributed by atoms with Gasteiger partial charge >= 0.3 is 5.97 Å². The second-order valence-corrected chi connectivity index (χ2v) is 2.71. The molecule has 0 aromatic heterocycles. The Kier molecular flexibility index (Phi) is 2.65. The van der Waals surface area contributed by atoms with Crippen molar-refractivity contribution in [2.24, 2.45) is 11.7 Å². The fourth-order valence-electron chi connectivity index (χ4n) is 1.28. The molecule has 62 valence electrons. The largest absolute Gasteiger partial charge is 0.469 e. The Morgan fingerprint density at radius 3 is 3.00 bits per heavy atom. The van der Waals surface area contributed by atoms with Crippen molar-refractivity contribution in [3.05, 3.63) is 12.2 Å². The number of esters is 1.